The summed E-state index contributed by atoms with van der Waals surface area (Å²) in [6.07, 6.45) is 0.967. The Balaban J connectivity index is 1.86. The number of carbonyl (C=O) groups excluding carboxylic acids is 1. The minimum absolute atomic E-state index is 0.164. The molecule has 1 aromatic heterocycles. The molecule has 0 saturated carbocycles. The van der Waals surface area contributed by atoms with Crippen molar-refractivity contribution in [2.75, 3.05) is 0 Å². The zero-order valence-corrected chi connectivity index (χ0v) is 13.8. The molecule has 122 valence electrons. The molecule has 23 heavy (non-hydrogen) atoms. The number of nitrogens with zero attached hydrogens (tertiary/aromatic N) is 2. The molecule has 1 aliphatic carbocycles. The summed E-state index contributed by atoms with van der Waals surface area (Å²) in [7, 11) is 0. The first kappa shape index (κ1) is 15.7. The molecule has 5 nitrogen and oxygen atoms in total. The predicted octanol–water partition coefficient (Wildman–Crippen LogP) is 2.30. The number of hydrogen-bond donors (Lipinski definition) is 2. The van der Waals surface area contributed by atoms with E-state index in [9.17, 15) is 9.90 Å². The molecule has 2 N–H and O–H groups in total. The molecule has 2 aromatic rings. The van der Waals surface area contributed by atoms with E-state index in [1.54, 1.807) is 0 Å². The average Bonchev–Trinajstić information content (AvgIpc) is 2.97. The quantitative estimate of drug-likeness (QED) is 0.910. The van der Waals surface area contributed by atoms with Crippen molar-refractivity contribution in [1.29, 1.82) is 0 Å². The number of aliphatic hydroxyl groups excluding tert-OH is 1. The fourth-order valence-electron chi connectivity index (χ4n) is 3.42. The Labute approximate surface area is 136 Å². The third-order valence-corrected chi connectivity index (χ3v) is 4.53. The van der Waals surface area contributed by atoms with Crippen molar-refractivity contribution in [2.24, 2.45) is 0 Å². The Morgan fingerprint density at radius 1 is 1.39 bits per heavy atom. The van der Waals surface area contributed by atoms with Gasteiger partial charge in [-0.25, -0.2) is 0 Å². The van der Waals surface area contributed by atoms with Crippen molar-refractivity contribution in [3.63, 3.8) is 0 Å². The zero-order chi connectivity index (χ0) is 16.6. The van der Waals surface area contributed by atoms with E-state index in [1.165, 1.54) is 0 Å². The molecule has 5 heteroatoms. The van der Waals surface area contributed by atoms with Gasteiger partial charge in [0.1, 0.15) is 0 Å². The van der Waals surface area contributed by atoms with Crippen molar-refractivity contribution in [2.45, 2.75) is 52.3 Å². The summed E-state index contributed by atoms with van der Waals surface area (Å²) in [5, 5.41) is 17.7. The first-order valence-corrected chi connectivity index (χ1v) is 8.13. The third-order valence-electron chi connectivity index (χ3n) is 4.53. The fraction of sp³-hybridized carbons (Fsp3) is 0.444. The van der Waals surface area contributed by atoms with E-state index in [4.69, 9.17) is 0 Å². The van der Waals surface area contributed by atoms with Crippen LogP contribution in [0.1, 0.15) is 52.3 Å². The normalized spacial score (nSPS) is 19.7. The van der Waals surface area contributed by atoms with Crippen LogP contribution in [0.4, 0.5) is 0 Å². The van der Waals surface area contributed by atoms with Gasteiger partial charge in [0.2, 0.25) is 0 Å². The summed E-state index contributed by atoms with van der Waals surface area (Å²) in [6, 6.07) is 7.51. The number of aliphatic hydroxyl groups is 1. The van der Waals surface area contributed by atoms with E-state index >= 15 is 0 Å². The standard InChI is InChI=1S/C18H23N3O2/c1-4-9-21-12(3)16(11(2)20-21)18(23)19-17-14-8-6-5-7-13(14)10-15(17)22/h5-8,15,17,22H,4,9-10H2,1-3H3,(H,19,23). The van der Waals surface area contributed by atoms with Gasteiger partial charge < -0.3 is 10.4 Å². The minimum Gasteiger partial charge on any atom is -0.390 e. The van der Waals surface area contributed by atoms with Gasteiger partial charge in [0, 0.05) is 18.7 Å². The molecular formula is C18H23N3O2. The summed E-state index contributed by atoms with van der Waals surface area (Å²) in [4.78, 5) is 12.7. The molecule has 2 atom stereocenters. The van der Waals surface area contributed by atoms with Crippen LogP contribution in [0, 0.1) is 13.8 Å². The number of hydrogen-bond acceptors (Lipinski definition) is 3. The lowest BCUT2D eigenvalue weighted by Gasteiger charge is -2.18. The van der Waals surface area contributed by atoms with E-state index < -0.39 is 6.10 Å². The van der Waals surface area contributed by atoms with E-state index in [0.717, 1.165) is 35.5 Å². The zero-order valence-electron chi connectivity index (χ0n) is 13.8. The second-order valence-electron chi connectivity index (χ2n) is 6.19. The molecule has 0 saturated heterocycles. The second-order valence-corrected chi connectivity index (χ2v) is 6.19. The topological polar surface area (TPSA) is 67.2 Å². The van der Waals surface area contributed by atoms with Crippen LogP contribution in [0.15, 0.2) is 24.3 Å². The Morgan fingerprint density at radius 2 is 2.13 bits per heavy atom. The number of benzene rings is 1. The van der Waals surface area contributed by atoms with Gasteiger partial charge in [-0.2, -0.15) is 5.10 Å². The molecule has 1 aliphatic rings. The summed E-state index contributed by atoms with van der Waals surface area (Å²) >= 11 is 0. The Morgan fingerprint density at radius 3 is 2.87 bits per heavy atom. The molecule has 1 amide bonds. The van der Waals surface area contributed by atoms with Crippen LogP contribution in [0.3, 0.4) is 0 Å². The Kier molecular flexibility index (Phi) is 4.22. The van der Waals surface area contributed by atoms with Crippen molar-refractivity contribution < 1.29 is 9.90 Å². The largest absolute Gasteiger partial charge is 0.390 e. The second kappa shape index (κ2) is 6.16. The average molecular weight is 313 g/mol. The smallest absolute Gasteiger partial charge is 0.255 e. The number of carbonyl (C=O) groups is 1. The number of aromatic nitrogens is 2. The highest BCUT2D eigenvalue weighted by Crippen LogP contribution is 2.31. The summed E-state index contributed by atoms with van der Waals surface area (Å²) in [6.45, 7) is 6.66. The van der Waals surface area contributed by atoms with E-state index in [1.807, 2.05) is 42.8 Å². The summed E-state index contributed by atoms with van der Waals surface area (Å²) in [5.74, 6) is -0.164. The molecule has 0 bridgehead atoms. The van der Waals surface area contributed by atoms with Crippen LogP contribution in [0.25, 0.3) is 0 Å². The number of rotatable bonds is 4. The maximum atomic E-state index is 12.7. The van der Waals surface area contributed by atoms with Gasteiger partial charge in [0.15, 0.2) is 0 Å². The minimum atomic E-state index is -0.581. The molecule has 0 fully saturated rings. The van der Waals surface area contributed by atoms with E-state index in [-0.39, 0.29) is 11.9 Å². The van der Waals surface area contributed by atoms with E-state index in [2.05, 4.69) is 17.3 Å². The van der Waals surface area contributed by atoms with Gasteiger partial charge in [-0.3, -0.25) is 9.48 Å². The van der Waals surface area contributed by atoms with Crippen LogP contribution in [0.2, 0.25) is 0 Å². The van der Waals surface area contributed by atoms with Crippen LogP contribution >= 0.6 is 0 Å². The molecule has 0 spiro atoms. The van der Waals surface area contributed by atoms with Crippen LogP contribution in [0.5, 0.6) is 0 Å². The molecule has 3 rings (SSSR count). The van der Waals surface area contributed by atoms with Crippen LogP contribution in [-0.4, -0.2) is 26.9 Å². The third kappa shape index (κ3) is 2.77. The Hall–Kier alpha value is -2.14. The SMILES string of the molecule is CCCn1nc(C)c(C(=O)NC2c3ccccc3CC2O)c1C. The summed E-state index contributed by atoms with van der Waals surface area (Å²) in [5.41, 5.74) is 4.33. The van der Waals surface area contributed by atoms with Crippen molar-refractivity contribution in [3.05, 3.63) is 52.3 Å². The van der Waals surface area contributed by atoms with Crippen LogP contribution in [-0.2, 0) is 13.0 Å². The Bertz CT molecular complexity index is 736. The number of nitrogens with one attached hydrogen (secondary N) is 1. The number of aryl methyl sites for hydroxylation is 2. The molecule has 1 aromatic carbocycles. The first-order valence-electron chi connectivity index (χ1n) is 8.13. The molecule has 0 radical (unpaired) electrons. The highest BCUT2D eigenvalue weighted by molar-refractivity contribution is 5.96. The van der Waals surface area contributed by atoms with Crippen LogP contribution < -0.4 is 5.32 Å². The van der Waals surface area contributed by atoms with Gasteiger partial charge in [-0.15, -0.1) is 0 Å². The number of amides is 1. The lowest BCUT2D eigenvalue weighted by atomic mass is 10.1. The van der Waals surface area contributed by atoms with Gasteiger partial charge in [0.25, 0.3) is 5.91 Å². The van der Waals surface area contributed by atoms with Gasteiger partial charge in [0.05, 0.1) is 23.4 Å². The first-order chi connectivity index (χ1) is 11.0. The maximum Gasteiger partial charge on any atom is 0.255 e. The molecule has 1 heterocycles. The molecular weight excluding hydrogens is 290 g/mol. The highest BCUT2D eigenvalue weighted by Gasteiger charge is 2.33. The van der Waals surface area contributed by atoms with Gasteiger partial charge in [-0.05, 0) is 31.4 Å². The van der Waals surface area contributed by atoms with Crippen molar-refractivity contribution >= 4 is 5.91 Å². The lowest BCUT2D eigenvalue weighted by molar-refractivity contribution is 0.0857. The maximum absolute atomic E-state index is 12.7. The predicted molar refractivity (Wildman–Crippen MR) is 88.4 cm³/mol. The van der Waals surface area contributed by atoms with Crippen molar-refractivity contribution in [1.82, 2.24) is 15.1 Å². The van der Waals surface area contributed by atoms with Crippen molar-refractivity contribution in [3.8, 4) is 0 Å². The highest BCUT2D eigenvalue weighted by atomic mass is 16.3. The summed E-state index contributed by atoms with van der Waals surface area (Å²) < 4.78 is 1.88. The van der Waals surface area contributed by atoms with E-state index in [0.29, 0.717) is 12.0 Å². The number of fused-ring (bicyclic) bond motifs is 1. The van der Waals surface area contributed by atoms with Gasteiger partial charge >= 0.3 is 0 Å². The lowest BCUT2D eigenvalue weighted by Crippen LogP contribution is -2.34. The fourth-order valence-corrected chi connectivity index (χ4v) is 3.42. The monoisotopic (exact) mass is 313 g/mol. The molecule has 2 unspecified atom stereocenters. The van der Waals surface area contributed by atoms with Gasteiger partial charge in [-0.1, -0.05) is 31.2 Å². The molecule has 0 aliphatic heterocycles.